The van der Waals surface area contributed by atoms with Crippen LogP contribution < -0.4 is 4.90 Å². The molecule has 0 unspecified atom stereocenters. The predicted molar refractivity (Wildman–Crippen MR) is 59.9 cm³/mol. The van der Waals surface area contributed by atoms with Crippen molar-refractivity contribution in [2.75, 3.05) is 4.90 Å². The fraction of sp³-hybridized carbons (Fsp3) is 0.167. The highest BCUT2D eigenvalue weighted by Crippen LogP contribution is 2.29. The zero-order chi connectivity index (χ0) is 11.0. The molecule has 2 aromatic rings. The summed E-state index contributed by atoms with van der Waals surface area (Å²) in [5.41, 5.74) is 3.15. The van der Waals surface area contributed by atoms with Crippen molar-refractivity contribution in [1.29, 1.82) is 0 Å². The highest BCUT2D eigenvalue weighted by molar-refractivity contribution is 6.01. The van der Waals surface area contributed by atoms with Gasteiger partial charge >= 0.3 is 0 Å². The fourth-order valence-electron chi connectivity index (χ4n) is 2.04. The van der Waals surface area contributed by atoms with Gasteiger partial charge in [0.25, 0.3) is 0 Å². The molecule has 1 aliphatic rings. The van der Waals surface area contributed by atoms with Crippen molar-refractivity contribution in [2.45, 2.75) is 13.0 Å². The van der Waals surface area contributed by atoms with E-state index in [0.29, 0.717) is 13.0 Å². The molecule has 1 amide bonds. The molecule has 0 radical (unpaired) electrons. The number of carbonyl (C=O) groups excluding carboxylic acids is 1. The van der Waals surface area contributed by atoms with E-state index in [1.165, 1.54) is 0 Å². The Kier molecular flexibility index (Phi) is 1.99. The first kappa shape index (κ1) is 9.15. The minimum absolute atomic E-state index is 0.155. The maximum Gasteiger partial charge on any atom is 0.231 e. The van der Waals surface area contributed by atoms with Gasteiger partial charge in [-0.1, -0.05) is 18.2 Å². The molecule has 16 heavy (non-hydrogen) atoms. The van der Waals surface area contributed by atoms with Gasteiger partial charge in [-0.15, -0.1) is 0 Å². The van der Waals surface area contributed by atoms with Crippen molar-refractivity contribution in [2.24, 2.45) is 0 Å². The van der Waals surface area contributed by atoms with E-state index in [1.54, 1.807) is 11.1 Å². The minimum atomic E-state index is 0.155. The third kappa shape index (κ3) is 1.39. The molecule has 1 aliphatic heterocycles. The summed E-state index contributed by atoms with van der Waals surface area (Å²) >= 11 is 0. The molecular weight excluding hydrogens is 202 g/mol. The van der Waals surface area contributed by atoms with Crippen LogP contribution in [0.2, 0.25) is 0 Å². The molecule has 0 fully saturated rings. The highest BCUT2D eigenvalue weighted by Gasteiger charge is 2.26. The van der Waals surface area contributed by atoms with E-state index in [4.69, 9.17) is 0 Å². The lowest BCUT2D eigenvalue weighted by atomic mass is 10.2. The molecule has 0 aliphatic carbocycles. The largest absolute Gasteiger partial charge is 0.307 e. The summed E-state index contributed by atoms with van der Waals surface area (Å²) in [5, 5.41) is 6.64. The van der Waals surface area contributed by atoms with Crippen LogP contribution in [-0.4, -0.2) is 16.1 Å². The van der Waals surface area contributed by atoms with Gasteiger partial charge in [-0.2, -0.15) is 5.10 Å². The number of H-pyrrole nitrogens is 1. The van der Waals surface area contributed by atoms with Gasteiger partial charge in [-0.05, 0) is 11.6 Å². The Hall–Kier alpha value is -2.10. The molecule has 1 aromatic heterocycles. The van der Waals surface area contributed by atoms with Crippen LogP contribution in [0.5, 0.6) is 0 Å². The summed E-state index contributed by atoms with van der Waals surface area (Å²) in [6.07, 6.45) is 4.07. The second kappa shape index (κ2) is 3.48. The van der Waals surface area contributed by atoms with Crippen LogP contribution >= 0.6 is 0 Å². The summed E-state index contributed by atoms with van der Waals surface area (Å²) in [6.45, 7) is 0.590. The lowest BCUT2D eigenvalue weighted by molar-refractivity contribution is -0.117. The molecule has 1 N–H and O–H groups in total. The smallest absolute Gasteiger partial charge is 0.231 e. The third-order valence-electron chi connectivity index (χ3n) is 2.82. The van der Waals surface area contributed by atoms with Crippen molar-refractivity contribution in [3.05, 3.63) is 47.8 Å². The molecule has 1 aromatic carbocycles. The summed E-state index contributed by atoms with van der Waals surface area (Å²) < 4.78 is 0. The van der Waals surface area contributed by atoms with Gasteiger partial charge < -0.3 is 4.90 Å². The molecule has 0 saturated carbocycles. The first-order chi connectivity index (χ1) is 7.84. The average molecular weight is 213 g/mol. The summed E-state index contributed by atoms with van der Waals surface area (Å²) in [7, 11) is 0. The fourth-order valence-corrected chi connectivity index (χ4v) is 2.04. The maximum atomic E-state index is 11.9. The zero-order valence-corrected chi connectivity index (χ0v) is 8.68. The zero-order valence-electron chi connectivity index (χ0n) is 8.68. The normalized spacial score (nSPS) is 14.2. The number of para-hydroxylation sites is 1. The molecule has 3 rings (SSSR count). The minimum Gasteiger partial charge on any atom is -0.307 e. The monoisotopic (exact) mass is 213 g/mol. The SMILES string of the molecule is O=C1Cc2ccccc2N1Cc1cn[nH]c1. The van der Waals surface area contributed by atoms with Crippen LogP contribution in [0.3, 0.4) is 0 Å². The number of carbonyl (C=O) groups is 1. The van der Waals surface area contributed by atoms with Crippen LogP contribution in [0.25, 0.3) is 0 Å². The van der Waals surface area contributed by atoms with E-state index in [9.17, 15) is 4.79 Å². The van der Waals surface area contributed by atoms with Crippen molar-refractivity contribution >= 4 is 11.6 Å². The van der Waals surface area contributed by atoms with Crippen LogP contribution in [-0.2, 0) is 17.8 Å². The van der Waals surface area contributed by atoms with E-state index in [2.05, 4.69) is 10.2 Å². The third-order valence-corrected chi connectivity index (χ3v) is 2.82. The molecule has 80 valence electrons. The van der Waals surface area contributed by atoms with Crippen LogP contribution in [0, 0.1) is 0 Å². The van der Waals surface area contributed by atoms with E-state index in [1.807, 2.05) is 30.5 Å². The highest BCUT2D eigenvalue weighted by atomic mass is 16.2. The lowest BCUT2D eigenvalue weighted by Gasteiger charge is -2.16. The number of nitrogens with zero attached hydrogens (tertiary/aromatic N) is 2. The number of aromatic amines is 1. The Labute approximate surface area is 92.9 Å². The Morgan fingerprint density at radius 3 is 3.06 bits per heavy atom. The van der Waals surface area contributed by atoms with Crippen molar-refractivity contribution in [1.82, 2.24) is 10.2 Å². The van der Waals surface area contributed by atoms with E-state index in [-0.39, 0.29) is 5.91 Å². The van der Waals surface area contributed by atoms with Gasteiger partial charge in [0.1, 0.15) is 0 Å². The second-order valence-corrected chi connectivity index (χ2v) is 3.89. The number of aromatic nitrogens is 2. The van der Waals surface area contributed by atoms with Crippen LogP contribution in [0.4, 0.5) is 5.69 Å². The van der Waals surface area contributed by atoms with Gasteiger partial charge in [-0.25, -0.2) is 0 Å². The number of benzene rings is 1. The number of nitrogens with one attached hydrogen (secondary N) is 1. The molecule has 4 nitrogen and oxygen atoms in total. The van der Waals surface area contributed by atoms with Gasteiger partial charge in [-0.3, -0.25) is 9.89 Å². The number of fused-ring (bicyclic) bond motifs is 1. The average Bonchev–Trinajstić information content (AvgIpc) is 2.89. The lowest BCUT2D eigenvalue weighted by Crippen LogP contribution is -2.25. The standard InChI is InChI=1S/C12H11N3O/c16-12-5-10-3-1-2-4-11(10)15(12)8-9-6-13-14-7-9/h1-4,6-7H,5,8H2,(H,13,14). The maximum absolute atomic E-state index is 11.9. The predicted octanol–water partition coefficient (Wildman–Crippen LogP) is 1.50. The number of rotatable bonds is 2. The summed E-state index contributed by atoms with van der Waals surface area (Å²) in [6, 6.07) is 7.91. The van der Waals surface area contributed by atoms with Crippen LogP contribution in [0.15, 0.2) is 36.7 Å². The van der Waals surface area contributed by atoms with Gasteiger partial charge in [0.15, 0.2) is 0 Å². The molecule has 0 saturated heterocycles. The molecular formula is C12H11N3O. The summed E-state index contributed by atoms with van der Waals surface area (Å²) in [4.78, 5) is 13.7. The Morgan fingerprint density at radius 2 is 2.25 bits per heavy atom. The number of amides is 1. The van der Waals surface area contributed by atoms with Crippen molar-refractivity contribution in [3.8, 4) is 0 Å². The number of hydrogen-bond donors (Lipinski definition) is 1. The number of hydrogen-bond acceptors (Lipinski definition) is 2. The van der Waals surface area contributed by atoms with E-state index in [0.717, 1.165) is 16.8 Å². The Bertz CT molecular complexity index is 519. The number of anilines is 1. The molecule has 0 spiro atoms. The molecule has 2 heterocycles. The van der Waals surface area contributed by atoms with Gasteiger partial charge in [0.2, 0.25) is 5.91 Å². The molecule has 4 heteroatoms. The Morgan fingerprint density at radius 1 is 1.38 bits per heavy atom. The second-order valence-electron chi connectivity index (χ2n) is 3.89. The first-order valence-electron chi connectivity index (χ1n) is 5.20. The van der Waals surface area contributed by atoms with Crippen molar-refractivity contribution < 1.29 is 4.79 Å². The topological polar surface area (TPSA) is 49.0 Å². The Balaban J connectivity index is 1.93. The van der Waals surface area contributed by atoms with Crippen LogP contribution in [0.1, 0.15) is 11.1 Å². The molecule has 0 bridgehead atoms. The van der Waals surface area contributed by atoms with Gasteiger partial charge in [0.05, 0.1) is 19.2 Å². The quantitative estimate of drug-likeness (QED) is 0.821. The van der Waals surface area contributed by atoms with Gasteiger partial charge in [0, 0.05) is 17.4 Å². The molecule has 0 atom stereocenters. The van der Waals surface area contributed by atoms with Crippen molar-refractivity contribution in [3.63, 3.8) is 0 Å². The van der Waals surface area contributed by atoms with E-state index < -0.39 is 0 Å². The summed E-state index contributed by atoms with van der Waals surface area (Å²) in [5.74, 6) is 0.155. The van der Waals surface area contributed by atoms with E-state index >= 15 is 0 Å². The first-order valence-corrected chi connectivity index (χ1v) is 5.20.